The predicted octanol–water partition coefficient (Wildman–Crippen LogP) is 8.74. The van der Waals surface area contributed by atoms with Crippen LogP contribution in [0.3, 0.4) is 0 Å². The Labute approximate surface area is 332 Å². The van der Waals surface area contributed by atoms with E-state index in [4.69, 9.17) is 42.6 Å². The first-order chi connectivity index (χ1) is 26.7. The fourth-order valence-corrected chi connectivity index (χ4v) is 6.63. The normalized spacial score (nSPS) is 17.8. The molecule has 0 N–H and O–H groups in total. The fourth-order valence-electron chi connectivity index (χ4n) is 5.91. The Bertz CT molecular complexity index is 1750. The Balaban J connectivity index is 1.57. The molecule has 1 saturated heterocycles. The van der Waals surface area contributed by atoms with Gasteiger partial charge in [0.1, 0.15) is 35.0 Å². The van der Waals surface area contributed by atoms with Gasteiger partial charge in [0.25, 0.3) is 0 Å². The SMILES string of the molecule is COCOc1cc(OC)cc(C=CC[C@@H]2OC(C)(C)O[C@@H]2C(C=C[C@H](C)COCc2ccc(OC)cc2)OC(=O)c2ccccc2)c1C(=O)OCC[Si](C)(C)C. The summed E-state index contributed by atoms with van der Waals surface area (Å²) < 4.78 is 52.5. The lowest BCUT2D eigenvalue weighted by molar-refractivity contribution is -0.152. The van der Waals surface area contributed by atoms with Crippen molar-refractivity contribution in [3.8, 4) is 17.2 Å². The highest BCUT2D eigenvalue weighted by atomic mass is 28.3. The lowest BCUT2D eigenvalue weighted by Gasteiger charge is -2.24. The van der Waals surface area contributed by atoms with Crippen LogP contribution >= 0.6 is 0 Å². The maximum atomic E-state index is 13.6. The molecule has 0 bridgehead atoms. The third kappa shape index (κ3) is 13.9. The summed E-state index contributed by atoms with van der Waals surface area (Å²) in [6, 6.07) is 20.8. The van der Waals surface area contributed by atoms with E-state index in [2.05, 4.69) is 19.6 Å². The maximum Gasteiger partial charge on any atom is 0.342 e. The first kappa shape index (κ1) is 44.3. The fraction of sp³-hybridized carbons (Fsp3) is 0.455. The minimum Gasteiger partial charge on any atom is -0.497 e. The Morgan fingerprint density at radius 3 is 2.27 bits per heavy atom. The molecule has 1 unspecified atom stereocenters. The van der Waals surface area contributed by atoms with E-state index in [0.717, 1.165) is 17.4 Å². The monoisotopic (exact) mass is 790 g/mol. The predicted molar refractivity (Wildman–Crippen MR) is 218 cm³/mol. The Kier molecular flexibility index (Phi) is 16.7. The van der Waals surface area contributed by atoms with E-state index in [1.807, 2.05) is 75.4 Å². The lowest BCUT2D eigenvalue weighted by atomic mass is 10.0. The first-order valence-electron chi connectivity index (χ1n) is 18.9. The summed E-state index contributed by atoms with van der Waals surface area (Å²) >= 11 is 0. The number of carbonyl (C=O) groups is 2. The van der Waals surface area contributed by atoms with Gasteiger partial charge < -0.3 is 42.6 Å². The zero-order valence-corrected chi connectivity index (χ0v) is 35.2. The molecule has 4 rings (SSSR count). The van der Waals surface area contributed by atoms with Gasteiger partial charge in [0.15, 0.2) is 12.6 Å². The zero-order chi connectivity index (χ0) is 40.7. The van der Waals surface area contributed by atoms with Crippen molar-refractivity contribution in [2.45, 2.75) is 83.6 Å². The van der Waals surface area contributed by atoms with Gasteiger partial charge in [0, 0.05) is 21.3 Å². The maximum absolute atomic E-state index is 13.6. The Morgan fingerprint density at radius 2 is 1.61 bits per heavy atom. The van der Waals surface area contributed by atoms with Gasteiger partial charge in [0.05, 0.1) is 45.7 Å². The average Bonchev–Trinajstić information content (AvgIpc) is 3.48. The summed E-state index contributed by atoms with van der Waals surface area (Å²) in [4.78, 5) is 27.0. The molecular weight excluding hydrogens is 733 g/mol. The van der Waals surface area contributed by atoms with Crippen molar-refractivity contribution in [3.63, 3.8) is 0 Å². The molecule has 1 aliphatic rings. The van der Waals surface area contributed by atoms with Gasteiger partial charge in [-0.1, -0.05) is 75.1 Å². The summed E-state index contributed by atoms with van der Waals surface area (Å²) in [5, 5.41) is 0. The third-order valence-electron chi connectivity index (χ3n) is 8.87. The van der Waals surface area contributed by atoms with E-state index in [1.54, 1.807) is 50.6 Å². The number of ether oxygens (including phenoxy) is 9. The summed E-state index contributed by atoms with van der Waals surface area (Å²) in [5.41, 5.74) is 2.25. The molecule has 11 nitrogen and oxygen atoms in total. The number of esters is 2. The molecule has 1 aliphatic heterocycles. The van der Waals surface area contributed by atoms with Crippen LogP contribution < -0.4 is 14.2 Å². The van der Waals surface area contributed by atoms with Crippen molar-refractivity contribution in [1.82, 2.24) is 0 Å². The summed E-state index contributed by atoms with van der Waals surface area (Å²) in [5.74, 6) is -0.399. The number of rotatable bonds is 21. The van der Waals surface area contributed by atoms with Crippen LogP contribution in [0.1, 0.15) is 59.0 Å². The van der Waals surface area contributed by atoms with Crippen LogP contribution in [0.25, 0.3) is 6.08 Å². The molecular formula is C44H58O11Si. The molecule has 0 spiro atoms. The molecule has 0 saturated carbocycles. The second-order valence-corrected chi connectivity index (χ2v) is 20.9. The van der Waals surface area contributed by atoms with Crippen LogP contribution in [0.2, 0.25) is 25.7 Å². The molecule has 0 amide bonds. The molecule has 0 radical (unpaired) electrons. The highest BCUT2D eigenvalue weighted by molar-refractivity contribution is 6.76. The van der Waals surface area contributed by atoms with Gasteiger partial charge >= 0.3 is 11.9 Å². The average molecular weight is 791 g/mol. The molecule has 12 heteroatoms. The number of benzene rings is 3. The highest BCUT2D eigenvalue weighted by Crippen LogP contribution is 2.35. The van der Waals surface area contributed by atoms with Crippen molar-refractivity contribution >= 4 is 26.1 Å². The topological polar surface area (TPSA) is 117 Å². The van der Waals surface area contributed by atoms with Crippen LogP contribution in [0.15, 0.2) is 85.0 Å². The minimum absolute atomic E-state index is 0.00800. The van der Waals surface area contributed by atoms with Gasteiger partial charge in [-0.05, 0) is 79.8 Å². The van der Waals surface area contributed by atoms with Crippen LogP contribution in [-0.2, 0) is 35.0 Å². The second kappa shape index (κ2) is 21.2. The molecule has 3 aromatic rings. The van der Waals surface area contributed by atoms with E-state index in [-0.39, 0.29) is 24.0 Å². The van der Waals surface area contributed by atoms with Crippen LogP contribution in [0, 0.1) is 5.92 Å². The van der Waals surface area contributed by atoms with Gasteiger partial charge in [-0.2, -0.15) is 0 Å². The van der Waals surface area contributed by atoms with Crippen molar-refractivity contribution < 1.29 is 52.2 Å². The quantitative estimate of drug-likeness (QED) is 0.0446. The first-order valence-corrected chi connectivity index (χ1v) is 22.6. The molecule has 304 valence electrons. The molecule has 56 heavy (non-hydrogen) atoms. The van der Waals surface area contributed by atoms with Gasteiger partial charge in [-0.3, -0.25) is 0 Å². The van der Waals surface area contributed by atoms with E-state index >= 15 is 0 Å². The number of carbonyl (C=O) groups excluding carboxylic acids is 2. The van der Waals surface area contributed by atoms with Gasteiger partial charge in [-0.15, -0.1) is 0 Å². The van der Waals surface area contributed by atoms with Crippen LogP contribution in [-0.4, -0.2) is 85.4 Å². The van der Waals surface area contributed by atoms with Gasteiger partial charge in [0.2, 0.25) is 0 Å². The molecule has 0 aliphatic carbocycles. The van der Waals surface area contributed by atoms with E-state index in [1.165, 1.54) is 7.11 Å². The largest absolute Gasteiger partial charge is 0.497 e. The van der Waals surface area contributed by atoms with Crippen molar-refractivity contribution in [3.05, 3.63) is 107 Å². The van der Waals surface area contributed by atoms with Crippen molar-refractivity contribution in [2.24, 2.45) is 5.92 Å². The Morgan fingerprint density at radius 1 is 0.893 bits per heavy atom. The van der Waals surface area contributed by atoms with Crippen molar-refractivity contribution in [2.75, 3.05) is 41.3 Å². The highest BCUT2D eigenvalue weighted by Gasteiger charge is 2.45. The Hall–Kier alpha value is -4.46. The van der Waals surface area contributed by atoms with Crippen LogP contribution in [0.5, 0.6) is 17.2 Å². The molecule has 4 atom stereocenters. The number of methoxy groups -OCH3 is 3. The molecule has 1 fully saturated rings. The zero-order valence-electron chi connectivity index (χ0n) is 34.2. The standard InChI is InChI=1S/C44H58O11Si/c1-31(28-50-29-32-19-21-35(48-5)22-20-32)18-23-37(53-42(45)33-14-11-10-12-15-33)41-38(54-44(2,3)55-41)17-13-16-34-26-36(49-6)27-39(52-30-47-4)40(34)43(46)51-24-25-56(7,8)9/h10-16,18-23,26-27,31,37-38,41H,17,24-25,28-30H2,1-9H3/t31-,37?,38-,41+/m0/s1. The summed E-state index contributed by atoms with van der Waals surface area (Å²) in [7, 11) is 3.24. The minimum atomic E-state index is -1.45. The van der Waals surface area contributed by atoms with E-state index < -0.39 is 44.1 Å². The summed E-state index contributed by atoms with van der Waals surface area (Å²) in [6.07, 6.45) is 5.90. The molecule has 3 aromatic carbocycles. The summed E-state index contributed by atoms with van der Waals surface area (Å²) in [6.45, 7) is 13.5. The third-order valence-corrected chi connectivity index (χ3v) is 10.6. The molecule has 1 heterocycles. The molecule has 0 aromatic heterocycles. The lowest BCUT2D eigenvalue weighted by Crippen LogP contribution is -2.37. The van der Waals surface area contributed by atoms with Gasteiger partial charge in [-0.25, -0.2) is 9.59 Å². The van der Waals surface area contributed by atoms with E-state index in [9.17, 15) is 9.59 Å². The second-order valence-electron chi connectivity index (χ2n) is 15.3. The van der Waals surface area contributed by atoms with E-state index in [0.29, 0.717) is 43.1 Å². The smallest absolute Gasteiger partial charge is 0.342 e. The van der Waals surface area contributed by atoms with Crippen LogP contribution in [0.4, 0.5) is 0 Å². The number of hydrogen-bond acceptors (Lipinski definition) is 11. The number of hydrogen-bond donors (Lipinski definition) is 0. The van der Waals surface area contributed by atoms with Crippen molar-refractivity contribution in [1.29, 1.82) is 0 Å².